The van der Waals surface area contributed by atoms with Crippen molar-refractivity contribution in [3.63, 3.8) is 0 Å². The molecule has 0 aliphatic heterocycles. The van der Waals surface area contributed by atoms with Gasteiger partial charge in [0.05, 0.1) is 21.5 Å². The average Bonchev–Trinajstić information content (AvgIpc) is 2.92. The Morgan fingerprint density at radius 1 is 1.48 bits per heavy atom. The second-order valence-corrected chi connectivity index (χ2v) is 6.18. The zero-order chi connectivity index (χ0) is 15.6. The molecule has 0 saturated heterocycles. The maximum absolute atomic E-state index is 12.2. The molecule has 1 heterocycles. The fourth-order valence-electron chi connectivity index (χ4n) is 1.54. The molecule has 9 nitrogen and oxygen atoms in total. The molecule has 2 aromatic rings. The highest BCUT2D eigenvalue weighted by Gasteiger charge is 2.22. The summed E-state index contributed by atoms with van der Waals surface area (Å²) >= 11 is 5.70. The number of aromatic carboxylic acids is 1. The van der Waals surface area contributed by atoms with Crippen LogP contribution < -0.4 is 4.72 Å². The molecule has 11 heteroatoms. The molecule has 0 aliphatic carbocycles. The lowest BCUT2D eigenvalue weighted by Crippen LogP contribution is -2.27. The quantitative estimate of drug-likeness (QED) is 0.728. The van der Waals surface area contributed by atoms with Crippen LogP contribution in [-0.2, 0) is 10.0 Å². The maximum atomic E-state index is 12.2. The van der Waals surface area contributed by atoms with Gasteiger partial charge in [-0.25, -0.2) is 17.9 Å². The molecular formula is C10H10ClN5O4S. The monoisotopic (exact) mass is 331 g/mol. The van der Waals surface area contributed by atoms with Crippen molar-refractivity contribution >= 4 is 27.6 Å². The Bertz CT molecular complexity index is 762. The highest BCUT2D eigenvalue weighted by atomic mass is 35.5. The molecule has 1 aromatic carbocycles. The molecule has 112 valence electrons. The molecule has 0 spiro atoms. The highest BCUT2D eigenvalue weighted by Crippen LogP contribution is 2.21. The van der Waals surface area contributed by atoms with Crippen molar-refractivity contribution in [1.29, 1.82) is 0 Å². The predicted molar refractivity (Wildman–Crippen MR) is 71.3 cm³/mol. The van der Waals surface area contributed by atoms with Crippen LogP contribution in [0.3, 0.4) is 0 Å². The Morgan fingerprint density at radius 2 is 2.19 bits per heavy atom. The number of benzene rings is 1. The average molecular weight is 332 g/mol. The number of tetrazole rings is 1. The first-order valence-corrected chi connectivity index (χ1v) is 7.46. The van der Waals surface area contributed by atoms with E-state index in [4.69, 9.17) is 16.7 Å². The number of carboxylic acids is 1. The Labute approximate surface area is 124 Å². The number of hydrogen-bond acceptors (Lipinski definition) is 6. The number of carbonyl (C=O) groups is 1. The lowest BCUT2D eigenvalue weighted by atomic mass is 10.2. The molecule has 1 aromatic heterocycles. The summed E-state index contributed by atoms with van der Waals surface area (Å²) < 4.78 is 26.7. The van der Waals surface area contributed by atoms with E-state index in [1.165, 1.54) is 19.1 Å². The van der Waals surface area contributed by atoms with Crippen LogP contribution in [0.15, 0.2) is 23.1 Å². The van der Waals surface area contributed by atoms with Gasteiger partial charge in [-0.3, -0.25) is 0 Å². The van der Waals surface area contributed by atoms with E-state index in [9.17, 15) is 13.2 Å². The Kier molecular flexibility index (Phi) is 4.21. The highest BCUT2D eigenvalue weighted by molar-refractivity contribution is 7.89. The molecule has 1 atom stereocenters. The van der Waals surface area contributed by atoms with Crippen LogP contribution in [0, 0.1) is 0 Å². The summed E-state index contributed by atoms with van der Waals surface area (Å²) in [7, 11) is -3.95. The van der Waals surface area contributed by atoms with Gasteiger partial charge < -0.3 is 5.11 Å². The normalized spacial score (nSPS) is 13.0. The minimum Gasteiger partial charge on any atom is -0.478 e. The number of aromatic amines is 1. The van der Waals surface area contributed by atoms with Gasteiger partial charge in [-0.2, -0.15) is 5.21 Å². The number of halogens is 1. The van der Waals surface area contributed by atoms with Gasteiger partial charge in [-0.1, -0.05) is 16.8 Å². The van der Waals surface area contributed by atoms with Crippen LogP contribution in [0.25, 0.3) is 0 Å². The standard InChI is InChI=1S/C10H10ClN5O4S/c1-5(9-12-15-16-13-9)14-21(19,20)6-2-3-8(11)7(4-6)10(17)18/h2-5,14H,1H3,(H,17,18)(H,12,13,15,16). The Morgan fingerprint density at radius 3 is 2.76 bits per heavy atom. The van der Waals surface area contributed by atoms with Gasteiger partial charge >= 0.3 is 5.97 Å². The van der Waals surface area contributed by atoms with E-state index in [-0.39, 0.29) is 21.3 Å². The fourth-order valence-corrected chi connectivity index (χ4v) is 2.97. The zero-order valence-electron chi connectivity index (χ0n) is 10.6. The van der Waals surface area contributed by atoms with E-state index in [0.717, 1.165) is 6.07 Å². The summed E-state index contributed by atoms with van der Waals surface area (Å²) in [5.74, 6) is -1.16. The van der Waals surface area contributed by atoms with Gasteiger partial charge in [0.15, 0.2) is 5.82 Å². The molecule has 0 fully saturated rings. The largest absolute Gasteiger partial charge is 0.478 e. The SMILES string of the molecule is CC(NS(=O)(=O)c1ccc(Cl)c(C(=O)O)c1)c1nn[nH]n1. The summed E-state index contributed by atoms with van der Waals surface area (Å²) in [4.78, 5) is 10.8. The minimum atomic E-state index is -3.95. The van der Waals surface area contributed by atoms with Crippen molar-refractivity contribution in [3.05, 3.63) is 34.6 Å². The molecule has 1 unspecified atom stereocenters. The zero-order valence-corrected chi connectivity index (χ0v) is 12.2. The number of hydrogen-bond donors (Lipinski definition) is 3. The van der Waals surface area contributed by atoms with Crippen molar-refractivity contribution in [2.45, 2.75) is 17.9 Å². The topological polar surface area (TPSA) is 138 Å². The fraction of sp³-hybridized carbons (Fsp3) is 0.200. The van der Waals surface area contributed by atoms with Crippen LogP contribution in [0.5, 0.6) is 0 Å². The van der Waals surface area contributed by atoms with E-state index in [1.54, 1.807) is 0 Å². The first kappa shape index (κ1) is 15.4. The number of nitrogens with one attached hydrogen (secondary N) is 2. The summed E-state index contributed by atoms with van der Waals surface area (Å²) in [5.41, 5.74) is -0.299. The lowest BCUT2D eigenvalue weighted by Gasteiger charge is -2.11. The van der Waals surface area contributed by atoms with Gasteiger partial charge in [-0.15, -0.1) is 10.2 Å². The summed E-state index contributed by atoms with van der Waals surface area (Å²) in [6.07, 6.45) is 0. The number of carboxylic acid groups (broad SMARTS) is 1. The predicted octanol–water partition coefficient (Wildman–Crippen LogP) is 0.591. The molecule has 2 rings (SSSR count). The molecule has 0 bridgehead atoms. The van der Waals surface area contributed by atoms with E-state index in [2.05, 4.69) is 25.3 Å². The number of aromatic nitrogens is 4. The molecule has 0 amide bonds. The summed E-state index contributed by atoms with van der Waals surface area (Å²) in [6.45, 7) is 1.52. The summed E-state index contributed by atoms with van der Waals surface area (Å²) in [5, 5.41) is 21.8. The van der Waals surface area contributed by atoms with Gasteiger partial charge in [-0.05, 0) is 25.1 Å². The first-order valence-electron chi connectivity index (χ1n) is 5.60. The number of H-pyrrole nitrogens is 1. The van der Waals surface area contributed by atoms with Gasteiger partial charge in [0, 0.05) is 0 Å². The summed E-state index contributed by atoms with van der Waals surface area (Å²) in [6, 6.07) is 2.66. The molecular weight excluding hydrogens is 322 g/mol. The number of nitrogens with zero attached hydrogens (tertiary/aromatic N) is 3. The number of sulfonamides is 1. The van der Waals surface area contributed by atoms with Crippen LogP contribution in [0.2, 0.25) is 5.02 Å². The van der Waals surface area contributed by atoms with Crippen molar-refractivity contribution in [2.24, 2.45) is 0 Å². The second kappa shape index (κ2) is 5.76. The second-order valence-electron chi connectivity index (χ2n) is 4.06. The lowest BCUT2D eigenvalue weighted by molar-refractivity contribution is 0.0697. The third kappa shape index (κ3) is 3.35. The van der Waals surface area contributed by atoms with Crippen LogP contribution >= 0.6 is 11.6 Å². The van der Waals surface area contributed by atoms with Crippen molar-refractivity contribution in [1.82, 2.24) is 25.3 Å². The van der Waals surface area contributed by atoms with E-state index >= 15 is 0 Å². The van der Waals surface area contributed by atoms with Crippen molar-refractivity contribution in [2.75, 3.05) is 0 Å². The van der Waals surface area contributed by atoms with Crippen molar-refractivity contribution in [3.8, 4) is 0 Å². The number of rotatable bonds is 5. The third-order valence-corrected chi connectivity index (χ3v) is 4.43. The van der Waals surface area contributed by atoms with Gasteiger partial charge in [0.25, 0.3) is 0 Å². The van der Waals surface area contributed by atoms with Crippen LogP contribution in [0.4, 0.5) is 0 Å². The Hall–Kier alpha value is -2.04. The Balaban J connectivity index is 2.32. The van der Waals surface area contributed by atoms with E-state index in [1.807, 2.05) is 0 Å². The molecule has 0 aliphatic rings. The van der Waals surface area contributed by atoms with Gasteiger partial charge in [0.2, 0.25) is 10.0 Å². The first-order chi connectivity index (χ1) is 9.81. The molecule has 21 heavy (non-hydrogen) atoms. The van der Waals surface area contributed by atoms with Gasteiger partial charge in [0.1, 0.15) is 0 Å². The van der Waals surface area contributed by atoms with Crippen LogP contribution in [0.1, 0.15) is 29.1 Å². The van der Waals surface area contributed by atoms with E-state index in [0.29, 0.717) is 0 Å². The third-order valence-electron chi connectivity index (χ3n) is 2.56. The maximum Gasteiger partial charge on any atom is 0.337 e. The molecule has 3 N–H and O–H groups in total. The van der Waals surface area contributed by atoms with E-state index < -0.39 is 22.0 Å². The molecule has 0 radical (unpaired) electrons. The molecule has 0 saturated carbocycles. The smallest absolute Gasteiger partial charge is 0.337 e. The van der Waals surface area contributed by atoms with Crippen molar-refractivity contribution < 1.29 is 18.3 Å². The van der Waals surface area contributed by atoms with Crippen LogP contribution in [-0.4, -0.2) is 40.1 Å². The minimum absolute atomic E-state index is 0.0485.